The van der Waals surface area contributed by atoms with Gasteiger partial charge in [-0.05, 0) is 49.4 Å². The lowest BCUT2D eigenvalue weighted by molar-refractivity contribution is -0.131. The van der Waals surface area contributed by atoms with Crippen molar-refractivity contribution < 1.29 is 19.0 Å². The molecule has 1 aromatic rings. The Labute approximate surface area is 184 Å². The van der Waals surface area contributed by atoms with Gasteiger partial charge in [-0.1, -0.05) is 70.2 Å². The zero-order valence-corrected chi connectivity index (χ0v) is 20.8. The standard InChI is InChI=1S/C25H42O4Si/c1-7-21(27-19-20-13-9-8-10-14-20)22-15-11-12-16-23(28-22)24(17-18-26)29-30(5,6)25(2,3)4/h8-14,21-24,26H,7,15-19H2,1-6H3/t21-,22+,23+,24-/m0/s1. The highest BCUT2D eigenvalue weighted by atomic mass is 28.4. The predicted octanol–water partition coefficient (Wildman–Crippen LogP) is 5.86. The van der Waals surface area contributed by atoms with E-state index < -0.39 is 8.32 Å². The summed E-state index contributed by atoms with van der Waals surface area (Å²) >= 11 is 0. The summed E-state index contributed by atoms with van der Waals surface area (Å²) < 4.78 is 19.6. The van der Waals surface area contributed by atoms with Crippen molar-refractivity contribution in [3.63, 3.8) is 0 Å². The lowest BCUT2D eigenvalue weighted by atomic mass is 10.1. The third kappa shape index (κ3) is 7.31. The Morgan fingerprint density at radius 3 is 2.20 bits per heavy atom. The molecule has 1 aromatic carbocycles. The summed E-state index contributed by atoms with van der Waals surface area (Å²) in [5.41, 5.74) is 1.18. The van der Waals surface area contributed by atoms with Crippen LogP contribution < -0.4 is 0 Å². The molecular formula is C25H42O4Si. The van der Waals surface area contributed by atoms with Crippen molar-refractivity contribution in [1.82, 2.24) is 0 Å². The molecule has 0 aliphatic carbocycles. The Kier molecular flexibility index (Phi) is 9.76. The molecule has 0 unspecified atom stereocenters. The van der Waals surface area contributed by atoms with Gasteiger partial charge in [-0.15, -0.1) is 0 Å². The third-order valence-electron chi connectivity index (χ3n) is 6.46. The molecule has 1 N–H and O–H groups in total. The second kappa shape index (κ2) is 11.6. The van der Waals surface area contributed by atoms with Gasteiger partial charge in [0.25, 0.3) is 0 Å². The van der Waals surface area contributed by atoms with Crippen LogP contribution in [0, 0.1) is 0 Å². The summed E-state index contributed by atoms with van der Waals surface area (Å²) in [6.45, 7) is 14.1. The van der Waals surface area contributed by atoms with E-state index in [2.05, 4.69) is 65.1 Å². The first-order chi connectivity index (χ1) is 14.2. The smallest absolute Gasteiger partial charge is 0.192 e. The van der Waals surface area contributed by atoms with Crippen molar-refractivity contribution in [3.05, 3.63) is 48.0 Å². The summed E-state index contributed by atoms with van der Waals surface area (Å²) in [5.74, 6) is 0. The van der Waals surface area contributed by atoms with Gasteiger partial charge in [-0.3, -0.25) is 0 Å². The van der Waals surface area contributed by atoms with Crippen molar-refractivity contribution in [2.75, 3.05) is 6.61 Å². The van der Waals surface area contributed by atoms with Crippen LogP contribution in [0.1, 0.15) is 58.9 Å². The molecule has 4 atom stereocenters. The number of benzene rings is 1. The van der Waals surface area contributed by atoms with Crippen LogP contribution in [0.2, 0.25) is 18.1 Å². The molecule has 0 spiro atoms. The first-order valence-corrected chi connectivity index (χ1v) is 14.3. The summed E-state index contributed by atoms with van der Waals surface area (Å²) in [6, 6.07) is 10.3. The van der Waals surface area contributed by atoms with Crippen molar-refractivity contribution in [2.45, 2.75) is 103 Å². The summed E-state index contributed by atoms with van der Waals surface area (Å²) in [6.07, 6.45) is 7.41. The molecule has 0 aromatic heterocycles. The molecule has 0 saturated carbocycles. The van der Waals surface area contributed by atoms with E-state index in [1.807, 2.05) is 18.2 Å². The first-order valence-electron chi connectivity index (χ1n) is 11.4. The number of aliphatic hydroxyl groups is 1. The molecule has 0 radical (unpaired) electrons. The highest BCUT2D eigenvalue weighted by molar-refractivity contribution is 6.74. The molecule has 1 aliphatic heterocycles. The van der Waals surface area contributed by atoms with E-state index in [9.17, 15) is 5.11 Å². The van der Waals surface area contributed by atoms with Crippen molar-refractivity contribution in [1.29, 1.82) is 0 Å². The van der Waals surface area contributed by atoms with Gasteiger partial charge < -0.3 is 19.0 Å². The monoisotopic (exact) mass is 434 g/mol. The maximum Gasteiger partial charge on any atom is 0.192 e. The van der Waals surface area contributed by atoms with Crippen molar-refractivity contribution >= 4 is 8.32 Å². The zero-order valence-electron chi connectivity index (χ0n) is 19.8. The number of aliphatic hydroxyl groups excluding tert-OH is 1. The van der Waals surface area contributed by atoms with Gasteiger partial charge in [-0.25, -0.2) is 0 Å². The van der Waals surface area contributed by atoms with Crippen LogP contribution >= 0.6 is 0 Å². The van der Waals surface area contributed by atoms with E-state index in [1.165, 1.54) is 5.56 Å². The SMILES string of the molecule is CC[C@H](OCc1ccccc1)[C@H]1CC=CC[C@H]([C@H](CCO)O[Si](C)(C)C(C)(C)C)O1. The van der Waals surface area contributed by atoms with Crippen LogP contribution in [-0.4, -0.2) is 44.4 Å². The second-order valence-electron chi connectivity index (χ2n) is 9.83. The Balaban J connectivity index is 2.09. The maximum absolute atomic E-state index is 9.71. The number of hydrogen-bond donors (Lipinski definition) is 1. The molecule has 0 fully saturated rings. The molecule has 2 rings (SSSR count). The van der Waals surface area contributed by atoms with E-state index in [-0.39, 0.29) is 36.1 Å². The van der Waals surface area contributed by atoms with E-state index in [0.29, 0.717) is 13.0 Å². The summed E-state index contributed by atoms with van der Waals surface area (Å²) in [4.78, 5) is 0. The largest absolute Gasteiger partial charge is 0.411 e. The molecule has 170 valence electrons. The highest BCUT2D eigenvalue weighted by Gasteiger charge is 2.41. The summed E-state index contributed by atoms with van der Waals surface area (Å²) in [5, 5.41) is 9.82. The predicted molar refractivity (Wildman–Crippen MR) is 126 cm³/mol. The minimum Gasteiger partial charge on any atom is -0.411 e. The van der Waals surface area contributed by atoms with Crippen molar-refractivity contribution in [3.8, 4) is 0 Å². The lowest BCUT2D eigenvalue weighted by Gasteiger charge is -2.42. The van der Waals surface area contributed by atoms with Crippen LogP contribution in [-0.2, 0) is 20.5 Å². The van der Waals surface area contributed by atoms with Gasteiger partial charge in [-0.2, -0.15) is 0 Å². The molecule has 4 nitrogen and oxygen atoms in total. The summed E-state index contributed by atoms with van der Waals surface area (Å²) in [7, 11) is -1.97. The van der Waals surface area contributed by atoms with E-state index in [0.717, 1.165) is 19.3 Å². The van der Waals surface area contributed by atoms with Crippen LogP contribution in [0.15, 0.2) is 42.5 Å². The zero-order chi connectivity index (χ0) is 22.2. The molecule has 0 saturated heterocycles. The normalized spacial score (nSPS) is 22.5. The van der Waals surface area contributed by atoms with Gasteiger partial charge in [0.15, 0.2) is 8.32 Å². The van der Waals surface area contributed by atoms with Gasteiger partial charge in [0, 0.05) is 6.61 Å². The van der Waals surface area contributed by atoms with E-state index >= 15 is 0 Å². The van der Waals surface area contributed by atoms with Crippen LogP contribution in [0.25, 0.3) is 0 Å². The van der Waals surface area contributed by atoms with Gasteiger partial charge in [0.1, 0.15) is 0 Å². The molecule has 1 aliphatic rings. The Morgan fingerprint density at radius 2 is 1.67 bits per heavy atom. The molecule has 0 bridgehead atoms. The minimum absolute atomic E-state index is 0.00771. The molecule has 5 heteroatoms. The quantitative estimate of drug-likeness (QED) is 0.370. The molecule has 1 heterocycles. The topological polar surface area (TPSA) is 47.9 Å². The van der Waals surface area contributed by atoms with Gasteiger partial charge >= 0.3 is 0 Å². The number of rotatable bonds is 10. The Hall–Kier alpha value is -0.983. The van der Waals surface area contributed by atoms with Gasteiger partial charge in [0.05, 0.1) is 31.0 Å². The Bertz CT molecular complexity index is 638. The van der Waals surface area contributed by atoms with Crippen molar-refractivity contribution in [2.24, 2.45) is 0 Å². The second-order valence-corrected chi connectivity index (χ2v) is 14.6. The molecule has 0 amide bonds. The van der Waals surface area contributed by atoms with E-state index in [4.69, 9.17) is 13.9 Å². The third-order valence-corrected chi connectivity index (χ3v) is 11.0. The first kappa shape index (κ1) is 25.3. The van der Waals surface area contributed by atoms with Crippen LogP contribution in [0.5, 0.6) is 0 Å². The van der Waals surface area contributed by atoms with Gasteiger partial charge in [0.2, 0.25) is 0 Å². The van der Waals surface area contributed by atoms with Crippen LogP contribution in [0.4, 0.5) is 0 Å². The minimum atomic E-state index is -1.97. The van der Waals surface area contributed by atoms with Crippen LogP contribution in [0.3, 0.4) is 0 Å². The average Bonchev–Trinajstić information content (AvgIpc) is 2.94. The average molecular weight is 435 g/mol. The molecule has 30 heavy (non-hydrogen) atoms. The number of hydrogen-bond acceptors (Lipinski definition) is 4. The maximum atomic E-state index is 9.71. The highest BCUT2D eigenvalue weighted by Crippen LogP contribution is 2.39. The fraction of sp³-hybridized carbons (Fsp3) is 0.680. The lowest BCUT2D eigenvalue weighted by Crippen LogP contribution is -2.49. The Morgan fingerprint density at radius 1 is 1.07 bits per heavy atom. The number of ether oxygens (including phenoxy) is 2. The fourth-order valence-corrected chi connectivity index (χ4v) is 4.92. The van der Waals surface area contributed by atoms with E-state index in [1.54, 1.807) is 0 Å². The fourth-order valence-electron chi connectivity index (χ4n) is 3.54. The molecular weight excluding hydrogens is 392 g/mol.